The van der Waals surface area contributed by atoms with Crippen LogP contribution in [0.4, 0.5) is 0 Å². The molecule has 30 heavy (non-hydrogen) atoms. The molecule has 0 N–H and O–H groups in total. The minimum atomic E-state index is -0.113. The molecule has 0 aliphatic heterocycles. The topological polar surface area (TPSA) is 26.3 Å². The maximum absolute atomic E-state index is 13.0. The molecule has 5 rings (SSSR count). The highest BCUT2D eigenvalue weighted by molar-refractivity contribution is 5.87. The molecule has 4 aliphatic carbocycles. The zero-order chi connectivity index (χ0) is 21.5. The summed E-state index contributed by atoms with van der Waals surface area (Å²) in [6.45, 7) is 8.86. The van der Waals surface area contributed by atoms with Gasteiger partial charge in [-0.25, -0.2) is 0 Å². The molecule has 0 bridgehead atoms. The van der Waals surface area contributed by atoms with Gasteiger partial charge in [-0.05, 0) is 91.7 Å². The summed E-state index contributed by atoms with van der Waals surface area (Å²) in [7, 11) is 1.73. The Morgan fingerprint density at radius 2 is 1.73 bits per heavy atom. The van der Waals surface area contributed by atoms with Gasteiger partial charge in [-0.15, -0.1) is 0 Å². The summed E-state index contributed by atoms with van der Waals surface area (Å²) >= 11 is 0. The number of carbonyl (C=O) groups is 1. The lowest BCUT2D eigenvalue weighted by molar-refractivity contribution is -0.134. The van der Waals surface area contributed by atoms with Crippen LogP contribution in [0.1, 0.15) is 90.5 Å². The van der Waals surface area contributed by atoms with E-state index in [0.717, 1.165) is 25.0 Å². The maximum atomic E-state index is 13.0. The summed E-state index contributed by atoms with van der Waals surface area (Å²) in [5.41, 5.74) is 3.35. The Balaban J connectivity index is 0.00000106. The minimum Gasteiger partial charge on any atom is -0.497 e. The summed E-state index contributed by atoms with van der Waals surface area (Å²) < 4.78 is 5.41. The molecule has 4 aliphatic rings. The number of rotatable bonds is 2. The van der Waals surface area contributed by atoms with Gasteiger partial charge in [0.05, 0.1) is 7.11 Å². The number of ether oxygens (including phenoxy) is 1. The highest BCUT2D eigenvalue weighted by atomic mass is 16.5. The molecule has 1 aromatic rings. The zero-order valence-corrected chi connectivity index (χ0v) is 19.7. The van der Waals surface area contributed by atoms with Gasteiger partial charge in [0.15, 0.2) is 0 Å². The van der Waals surface area contributed by atoms with Crippen molar-refractivity contribution in [2.45, 2.75) is 85.0 Å². The van der Waals surface area contributed by atoms with Crippen LogP contribution in [0.2, 0.25) is 0 Å². The monoisotopic (exact) mass is 408 g/mol. The Kier molecular flexibility index (Phi) is 5.90. The molecule has 6 unspecified atom stereocenters. The number of carbonyl (C=O) groups excluding carboxylic acids is 1. The first-order valence-electron chi connectivity index (χ1n) is 12.3. The number of Topliss-reactive ketones (excluding diaryl/α,β-unsaturated/α-hetero) is 1. The number of benzene rings is 1. The van der Waals surface area contributed by atoms with Crippen molar-refractivity contribution in [1.29, 1.82) is 0 Å². The minimum absolute atomic E-state index is 0.113. The van der Waals surface area contributed by atoms with Crippen molar-refractivity contribution in [2.75, 3.05) is 7.11 Å². The van der Waals surface area contributed by atoms with Gasteiger partial charge >= 0.3 is 0 Å². The van der Waals surface area contributed by atoms with E-state index in [-0.39, 0.29) is 5.41 Å². The lowest BCUT2D eigenvalue weighted by Gasteiger charge is -2.60. The molecular weight excluding hydrogens is 368 g/mol. The van der Waals surface area contributed by atoms with Crippen LogP contribution >= 0.6 is 0 Å². The molecule has 164 valence electrons. The van der Waals surface area contributed by atoms with E-state index in [4.69, 9.17) is 4.74 Å². The van der Waals surface area contributed by atoms with E-state index in [2.05, 4.69) is 44.2 Å². The fourth-order valence-electron chi connectivity index (χ4n) is 7.89. The fraction of sp³-hybridized carbons (Fsp3) is 0.679. The van der Waals surface area contributed by atoms with Crippen LogP contribution in [-0.2, 0) is 4.79 Å². The Labute approximate surface area is 183 Å². The second-order valence-electron chi connectivity index (χ2n) is 10.3. The number of methoxy groups -OCH3 is 1. The number of ketones is 1. The van der Waals surface area contributed by atoms with Crippen molar-refractivity contribution >= 4 is 5.78 Å². The standard InChI is InChI=1S/C26H34O2.C2H6/c1-25-15-5-4-6-18(25)9-12-20-22-13-14-23(27)26(22,2)16-21(24(20)25)17-7-10-19(28-3)11-8-17;1-2/h6-8,10-11,20-22,24H,4-5,9,12-16H2,1-3H3;1-2H3. The number of hydrogen-bond donors (Lipinski definition) is 0. The Bertz CT molecular complexity index is 806. The summed E-state index contributed by atoms with van der Waals surface area (Å²) in [6, 6.07) is 8.76. The van der Waals surface area contributed by atoms with Crippen LogP contribution in [0.25, 0.3) is 0 Å². The third-order valence-electron chi connectivity index (χ3n) is 9.24. The molecule has 0 radical (unpaired) electrons. The van der Waals surface area contributed by atoms with Crippen molar-refractivity contribution in [3.63, 3.8) is 0 Å². The van der Waals surface area contributed by atoms with E-state index in [1.165, 1.54) is 37.7 Å². The average molecular weight is 409 g/mol. The number of allylic oxidation sites excluding steroid dienone is 2. The van der Waals surface area contributed by atoms with Crippen LogP contribution in [0.5, 0.6) is 5.75 Å². The van der Waals surface area contributed by atoms with E-state index in [9.17, 15) is 4.79 Å². The molecule has 6 atom stereocenters. The quantitative estimate of drug-likeness (QED) is 0.479. The summed E-state index contributed by atoms with van der Waals surface area (Å²) in [6.07, 6.45) is 12.0. The Morgan fingerprint density at radius 1 is 1.00 bits per heavy atom. The Morgan fingerprint density at radius 3 is 2.43 bits per heavy atom. The van der Waals surface area contributed by atoms with Crippen molar-refractivity contribution in [3.8, 4) is 5.75 Å². The second kappa shape index (κ2) is 8.17. The Hall–Kier alpha value is -1.57. The third-order valence-corrected chi connectivity index (χ3v) is 9.24. The molecule has 3 saturated carbocycles. The summed E-state index contributed by atoms with van der Waals surface area (Å²) in [5.74, 6) is 3.89. The number of fused-ring (bicyclic) bond motifs is 5. The normalized spacial score (nSPS) is 39.6. The zero-order valence-electron chi connectivity index (χ0n) is 19.7. The molecule has 0 amide bonds. The molecule has 1 aromatic carbocycles. The molecule has 2 nitrogen and oxygen atoms in total. The SMILES string of the molecule is CC.COc1ccc(C2CC3(C)C(=O)CCC3C3CCC4=CCCCC4(C)C23)cc1. The van der Waals surface area contributed by atoms with Gasteiger partial charge in [-0.1, -0.05) is 51.5 Å². The van der Waals surface area contributed by atoms with Gasteiger partial charge in [0.25, 0.3) is 0 Å². The van der Waals surface area contributed by atoms with Crippen LogP contribution < -0.4 is 4.74 Å². The summed E-state index contributed by atoms with van der Waals surface area (Å²) in [4.78, 5) is 13.0. The van der Waals surface area contributed by atoms with Gasteiger partial charge in [0.1, 0.15) is 11.5 Å². The van der Waals surface area contributed by atoms with Gasteiger partial charge in [0.2, 0.25) is 0 Å². The molecule has 0 aromatic heterocycles. The second-order valence-corrected chi connectivity index (χ2v) is 10.3. The highest BCUT2D eigenvalue weighted by Gasteiger charge is 2.61. The largest absolute Gasteiger partial charge is 0.497 e. The molecule has 3 fully saturated rings. The van der Waals surface area contributed by atoms with E-state index in [1.807, 2.05) is 13.8 Å². The molecule has 2 heteroatoms. The number of hydrogen-bond acceptors (Lipinski definition) is 2. The molecule has 0 heterocycles. The summed E-state index contributed by atoms with van der Waals surface area (Å²) in [5, 5.41) is 0. The first kappa shape index (κ1) is 21.7. The van der Waals surface area contributed by atoms with E-state index >= 15 is 0 Å². The van der Waals surface area contributed by atoms with E-state index in [0.29, 0.717) is 34.9 Å². The van der Waals surface area contributed by atoms with Crippen LogP contribution in [-0.4, -0.2) is 12.9 Å². The predicted molar refractivity (Wildman–Crippen MR) is 124 cm³/mol. The van der Waals surface area contributed by atoms with E-state index < -0.39 is 0 Å². The first-order valence-corrected chi connectivity index (χ1v) is 12.3. The molecular formula is C28H40O2. The first-order chi connectivity index (χ1) is 14.5. The van der Waals surface area contributed by atoms with Crippen LogP contribution in [0.15, 0.2) is 35.9 Å². The van der Waals surface area contributed by atoms with Crippen molar-refractivity contribution in [1.82, 2.24) is 0 Å². The van der Waals surface area contributed by atoms with Crippen molar-refractivity contribution in [3.05, 3.63) is 41.5 Å². The molecule has 0 spiro atoms. The molecule has 0 saturated heterocycles. The third kappa shape index (κ3) is 3.17. The fourth-order valence-corrected chi connectivity index (χ4v) is 7.89. The predicted octanol–water partition coefficient (Wildman–Crippen LogP) is 7.34. The smallest absolute Gasteiger partial charge is 0.139 e. The van der Waals surface area contributed by atoms with Crippen molar-refractivity contribution < 1.29 is 9.53 Å². The van der Waals surface area contributed by atoms with Gasteiger partial charge in [-0.3, -0.25) is 4.79 Å². The van der Waals surface area contributed by atoms with Gasteiger partial charge in [0, 0.05) is 11.8 Å². The average Bonchev–Trinajstić information content (AvgIpc) is 3.08. The van der Waals surface area contributed by atoms with Gasteiger partial charge in [-0.2, -0.15) is 0 Å². The lowest BCUT2D eigenvalue weighted by Crippen LogP contribution is -2.53. The van der Waals surface area contributed by atoms with Gasteiger partial charge < -0.3 is 4.74 Å². The van der Waals surface area contributed by atoms with Crippen molar-refractivity contribution in [2.24, 2.45) is 28.6 Å². The highest BCUT2D eigenvalue weighted by Crippen LogP contribution is 2.68. The van der Waals surface area contributed by atoms with Crippen LogP contribution in [0, 0.1) is 28.6 Å². The van der Waals surface area contributed by atoms with Crippen LogP contribution in [0.3, 0.4) is 0 Å². The van der Waals surface area contributed by atoms with E-state index in [1.54, 1.807) is 12.7 Å². The maximum Gasteiger partial charge on any atom is 0.139 e. The lowest BCUT2D eigenvalue weighted by atomic mass is 9.44.